The van der Waals surface area contributed by atoms with E-state index in [2.05, 4.69) is 6.92 Å². The van der Waals surface area contributed by atoms with E-state index in [1.54, 1.807) is 0 Å². The number of nitrogens with zero attached hydrogens (tertiary/aromatic N) is 11. The molecule has 7 aliphatic heterocycles. The van der Waals surface area contributed by atoms with Crippen LogP contribution in [0.25, 0.3) is 43.1 Å². The molecule has 2 aromatic carbocycles. The van der Waals surface area contributed by atoms with Crippen LogP contribution in [0.2, 0.25) is 0 Å². The number of likely N-dealkylation sites (tertiary alicyclic amines) is 1. The number of aromatic nitrogens is 4. The number of hydrogen-bond donors (Lipinski definition) is 0. The topological polar surface area (TPSA) is 444 Å². The van der Waals surface area contributed by atoms with Crippen molar-refractivity contribution in [3.05, 3.63) is 180 Å². The van der Waals surface area contributed by atoms with Crippen LogP contribution >= 0.6 is 0 Å². The Morgan fingerprint density at radius 1 is 0.362 bits per heavy atom. The summed E-state index contributed by atoms with van der Waals surface area (Å²) in [5, 5.41) is -0.614. The molecule has 1 saturated heterocycles. The fourth-order valence-corrected chi connectivity index (χ4v) is 17.5. The van der Waals surface area contributed by atoms with Gasteiger partial charge in [0.2, 0.25) is 11.8 Å². The van der Waals surface area contributed by atoms with Gasteiger partial charge in [-0.2, -0.15) is 0 Å². The van der Waals surface area contributed by atoms with Gasteiger partial charge in [0.05, 0.1) is 55.6 Å². The highest BCUT2D eigenvalue weighted by Gasteiger charge is 2.56. The molecule has 9 unspecified atom stereocenters. The number of hydrogen-bond acceptors (Lipinski definition) is 24. The fraction of sp³-hybridized carbons (Fsp3) is 0.420. The number of imide groups is 7. The Kier molecular flexibility index (Phi) is 22.9. The van der Waals surface area contributed by atoms with E-state index in [1.807, 2.05) is 20.8 Å². The molecule has 116 heavy (non-hydrogen) atoms. The number of carbonyl (C=O) groups is 15. The first-order valence-electron chi connectivity index (χ1n) is 38.3. The SMILES string of the molecule is CCCC(C)C(=O)OCCCCCCN1C(=O)C=CC1=O.CCCC(C)C1CC(=O)N(CN2C(=O)C=CC2=O)C1=O.O=C1C=CC(=O)N1CC1CC2C3CC(Cn4c(=O)c5cc6c(=O)n(CN7C(=O)C=CC7=O)c(=O)c6cc5c4=O)C(C3)C2C1.O=C1C=CC(=O)N1Cn1c(=O)c2cc3c(=O)n(CN4C(=O)C=CC4=O)c(=O)c3cc2c1=O. The third-order valence-electron chi connectivity index (χ3n) is 23.6. The molecule has 0 N–H and O–H groups in total. The average molecular weight is 1590 g/mol. The van der Waals surface area contributed by atoms with Crippen molar-refractivity contribution in [3.8, 4) is 0 Å². The molecule has 16 rings (SSSR count). The Labute approximate surface area is 655 Å². The number of rotatable bonds is 25. The molecule has 10 aliphatic rings. The van der Waals surface area contributed by atoms with Crippen molar-refractivity contribution < 1.29 is 76.7 Å². The summed E-state index contributed by atoms with van der Waals surface area (Å²) in [4.78, 5) is 287. The van der Waals surface area contributed by atoms with E-state index in [4.69, 9.17) is 4.74 Å². The summed E-state index contributed by atoms with van der Waals surface area (Å²) in [5.74, 6) is -4.70. The lowest BCUT2D eigenvalue weighted by atomic mass is 9.75. The average Bonchev–Trinajstić information content (AvgIpc) is 1.58. The number of benzene rings is 2. The normalized spacial score (nSPS) is 22.4. The van der Waals surface area contributed by atoms with Gasteiger partial charge >= 0.3 is 5.97 Å². The highest BCUT2D eigenvalue weighted by atomic mass is 16.5. The zero-order valence-corrected chi connectivity index (χ0v) is 63.5. The van der Waals surface area contributed by atoms with Crippen LogP contribution in [0, 0.1) is 53.3 Å². The Morgan fingerprint density at radius 2 is 0.707 bits per heavy atom. The van der Waals surface area contributed by atoms with Crippen molar-refractivity contribution in [1.29, 1.82) is 0 Å². The van der Waals surface area contributed by atoms with Gasteiger partial charge in [0.1, 0.15) is 26.7 Å². The predicted molar refractivity (Wildman–Crippen MR) is 407 cm³/mol. The summed E-state index contributed by atoms with van der Waals surface area (Å²) in [6, 6.07) is 4.74. The maximum Gasteiger partial charge on any atom is 0.308 e. The summed E-state index contributed by atoms with van der Waals surface area (Å²) < 4.78 is 8.54. The largest absolute Gasteiger partial charge is 0.465 e. The quantitative estimate of drug-likeness (QED) is 0.0435. The van der Waals surface area contributed by atoms with Crippen molar-refractivity contribution in [3.63, 3.8) is 0 Å². The van der Waals surface area contributed by atoms with Crippen molar-refractivity contribution >= 4 is 132 Å². The van der Waals surface area contributed by atoms with Gasteiger partial charge in [-0.25, -0.2) is 0 Å². The number of amides is 14. The second kappa shape index (κ2) is 32.8. The Morgan fingerprint density at radius 3 is 1.09 bits per heavy atom. The van der Waals surface area contributed by atoms with Crippen LogP contribution in [0.1, 0.15) is 111 Å². The van der Waals surface area contributed by atoms with E-state index >= 15 is 0 Å². The molecule has 11 heterocycles. The third-order valence-corrected chi connectivity index (χ3v) is 23.6. The van der Waals surface area contributed by atoms with Crippen LogP contribution in [0.5, 0.6) is 0 Å². The standard InChI is InChI=1S/C31H26N4O8.C20H10N4O8.C16H25NO4.C14H18N2O4/c36-24-1-2-25(37)32(24)11-14-5-17-15-7-16(18(8-15)19(17)6-14)12-33-28(40)20-9-22-23(10-21(20)29(33)41)31(43)35(30(22)42)13-34-26(38)3-4-27(34)39;25-13-1-2-14(26)21(13)7-23-17(29)9-5-11-12(6-10(9)18(23)30)20(32)24(19(11)31)8-22-15(27)3-4-16(22)28;1-3-8-13(2)16(20)21-12-7-5-4-6-11-17-14(18)9-10-15(17)19;1-3-4-9(2)10-7-13(19)16(14(10)20)8-15-11(17)5-6-12(15)18/h1-4,9-10,14-19H,5-8,11-13H2;1-6H,7-8H2;9-10,13H,3-8,11-12H2,1-2H3;5-6,9-10H,3-4,7-8H2,1-2H3. The minimum atomic E-state index is -0.840. The number of esters is 1. The minimum absolute atomic E-state index is 0.0188. The maximum absolute atomic E-state index is 13.5. The molecule has 602 valence electrons. The Balaban J connectivity index is 0.000000142. The van der Waals surface area contributed by atoms with Gasteiger partial charge < -0.3 is 4.74 Å². The van der Waals surface area contributed by atoms with E-state index < -0.39 is 112 Å². The van der Waals surface area contributed by atoms with Crippen LogP contribution in [-0.2, 0) is 103 Å². The number of carbonyl (C=O) groups excluding carboxylic acids is 15. The smallest absolute Gasteiger partial charge is 0.308 e. The molecule has 3 saturated carbocycles. The van der Waals surface area contributed by atoms with Crippen LogP contribution in [0.3, 0.4) is 0 Å². The predicted octanol–water partition coefficient (Wildman–Crippen LogP) is 0.827. The number of unbranched alkanes of at least 4 members (excludes halogenated alkanes) is 3. The molecule has 3 aliphatic carbocycles. The number of ether oxygens (including phenoxy) is 1. The Hall–Kier alpha value is -13.1. The van der Waals surface area contributed by atoms with Crippen molar-refractivity contribution in [1.82, 2.24) is 52.6 Å². The minimum Gasteiger partial charge on any atom is -0.465 e. The molecule has 35 nitrogen and oxygen atoms in total. The van der Waals surface area contributed by atoms with E-state index in [-0.39, 0.29) is 134 Å². The van der Waals surface area contributed by atoms with Gasteiger partial charge in [-0.15, -0.1) is 0 Å². The van der Waals surface area contributed by atoms with Crippen LogP contribution in [0.15, 0.2) is 136 Å². The lowest BCUT2D eigenvalue weighted by Crippen LogP contribution is -2.44. The van der Waals surface area contributed by atoms with Gasteiger partial charge in [-0.05, 0) is 117 Å². The maximum atomic E-state index is 13.5. The molecule has 4 aromatic heterocycles. The van der Waals surface area contributed by atoms with Crippen LogP contribution < -0.4 is 44.5 Å². The summed E-state index contributed by atoms with van der Waals surface area (Å²) in [7, 11) is 0. The summed E-state index contributed by atoms with van der Waals surface area (Å²) >= 11 is 0. The van der Waals surface area contributed by atoms with Gasteiger partial charge in [-0.1, -0.05) is 53.4 Å². The van der Waals surface area contributed by atoms with Crippen molar-refractivity contribution in [2.45, 2.75) is 138 Å². The molecule has 0 radical (unpaired) electrons. The van der Waals surface area contributed by atoms with E-state index in [9.17, 15) is 110 Å². The second-order valence-corrected chi connectivity index (χ2v) is 30.7. The molecule has 9 atom stereocenters. The first-order valence-corrected chi connectivity index (χ1v) is 38.3. The molecule has 0 spiro atoms. The highest BCUT2D eigenvalue weighted by Crippen LogP contribution is 2.62. The lowest BCUT2D eigenvalue weighted by Gasteiger charge is -2.31. The molecule has 6 aromatic rings. The van der Waals surface area contributed by atoms with Crippen molar-refractivity contribution in [2.75, 3.05) is 26.4 Å². The summed E-state index contributed by atoms with van der Waals surface area (Å²) in [6.45, 7) is 7.51. The number of fused-ring (bicyclic) bond motifs is 9. The summed E-state index contributed by atoms with van der Waals surface area (Å²) in [6.07, 6.45) is 24.8. The Bertz CT molecular complexity index is 5570. The van der Waals surface area contributed by atoms with Gasteiger partial charge in [0.25, 0.3) is 115 Å². The fourth-order valence-electron chi connectivity index (χ4n) is 17.5. The molecule has 2 bridgehead atoms. The second-order valence-electron chi connectivity index (χ2n) is 30.7. The molecular formula is C81H79N11O24. The van der Waals surface area contributed by atoms with Gasteiger partial charge in [-0.3, -0.25) is 163 Å². The van der Waals surface area contributed by atoms with E-state index in [1.165, 1.54) is 50.8 Å². The van der Waals surface area contributed by atoms with Crippen molar-refractivity contribution in [2.24, 2.45) is 53.3 Å². The monoisotopic (exact) mass is 1590 g/mol. The van der Waals surface area contributed by atoms with Gasteiger partial charge in [0, 0.05) is 105 Å². The molecular weight excluding hydrogens is 1510 g/mol. The molecule has 4 fully saturated rings. The zero-order chi connectivity index (χ0) is 83.3. The molecule has 14 amide bonds. The van der Waals surface area contributed by atoms with E-state index in [0.29, 0.717) is 62.3 Å². The highest BCUT2D eigenvalue weighted by molar-refractivity contribution is 6.16. The first kappa shape index (κ1) is 80.9. The van der Waals surface area contributed by atoms with E-state index in [0.717, 1.165) is 157 Å². The third kappa shape index (κ3) is 15.3. The molecule has 35 heteroatoms. The van der Waals surface area contributed by atoms with Gasteiger partial charge in [0.15, 0.2) is 0 Å². The zero-order valence-electron chi connectivity index (χ0n) is 63.5. The van der Waals surface area contributed by atoms with Crippen LogP contribution in [0.4, 0.5) is 0 Å². The van der Waals surface area contributed by atoms with Crippen LogP contribution in [-0.4, -0.2) is 168 Å². The lowest BCUT2D eigenvalue weighted by molar-refractivity contribution is -0.149. The first-order chi connectivity index (χ1) is 55.3. The summed E-state index contributed by atoms with van der Waals surface area (Å²) in [5.41, 5.74) is -5.84.